The van der Waals surface area contributed by atoms with E-state index in [0.717, 1.165) is 24.5 Å². The molecule has 1 amide bonds. The Morgan fingerprint density at radius 2 is 1.65 bits per heavy atom. The highest BCUT2D eigenvalue weighted by Crippen LogP contribution is 2.38. The van der Waals surface area contributed by atoms with E-state index in [0.29, 0.717) is 18.2 Å². The number of nitrogens with one attached hydrogen (secondary N) is 2. The molecule has 0 spiro atoms. The number of carbonyl (C=O) groups excluding carboxylic acids is 1. The molecule has 3 rings (SSSR count). The third-order valence-electron chi connectivity index (χ3n) is 3.99. The van der Waals surface area contributed by atoms with E-state index in [1.165, 1.54) is 0 Å². The fraction of sp³-hybridized carbons (Fsp3) is 0.105. The monoisotopic (exact) mass is 496 g/mol. The predicted octanol–water partition coefficient (Wildman–Crippen LogP) is 5.17. The number of halogens is 8. The van der Waals surface area contributed by atoms with Crippen molar-refractivity contribution in [2.75, 3.05) is 5.32 Å². The first-order valence-corrected chi connectivity index (χ1v) is 8.79. The van der Waals surface area contributed by atoms with Gasteiger partial charge in [-0.15, -0.1) is 18.3 Å². The lowest BCUT2D eigenvalue weighted by molar-refractivity contribution is -0.564. The second kappa shape index (κ2) is 8.99. The summed E-state index contributed by atoms with van der Waals surface area (Å²) < 4.78 is 114. The summed E-state index contributed by atoms with van der Waals surface area (Å²) in [7, 11) is 0. The summed E-state index contributed by atoms with van der Waals surface area (Å²) in [6.45, 7) is 0. The third-order valence-corrected chi connectivity index (χ3v) is 3.99. The maximum absolute atomic E-state index is 14.7. The highest BCUT2D eigenvalue weighted by atomic mass is 19.4. The number of anilines is 1. The summed E-state index contributed by atoms with van der Waals surface area (Å²) in [5, 5.41) is 4.15. The Hall–Kier alpha value is -4.17. The minimum absolute atomic E-state index is 0.139. The highest BCUT2D eigenvalue weighted by Gasteiger charge is 2.37. The number of ether oxygens (including phenoxy) is 2. The van der Waals surface area contributed by atoms with E-state index < -0.39 is 58.5 Å². The van der Waals surface area contributed by atoms with E-state index in [9.17, 15) is 44.8 Å². The van der Waals surface area contributed by atoms with Crippen molar-refractivity contribution in [3.8, 4) is 17.2 Å². The Bertz CT molecular complexity index is 1270. The van der Waals surface area contributed by atoms with Crippen molar-refractivity contribution >= 4 is 11.6 Å². The summed E-state index contributed by atoms with van der Waals surface area (Å²) >= 11 is 0. The summed E-state index contributed by atoms with van der Waals surface area (Å²) in [5.41, 5.74) is -3.20. The average molecular weight is 496 g/mol. The van der Waals surface area contributed by atoms with Gasteiger partial charge in [0.05, 0.1) is 22.4 Å². The molecule has 180 valence electrons. The van der Waals surface area contributed by atoms with Gasteiger partial charge in [0.25, 0.3) is 12.1 Å². The van der Waals surface area contributed by atoms with Crippen LogP contribution in [0.3, 0.4) is 0 Å². The number of amides is 1. The Morgan fingerprint density at radius 3 is 2.21 bits per heavy atom. The molecule has 0 fully saturated rings. The van der Waals surface area contributed by atoms with Gasteiger partial charge < -0.3 is 14.8 Å². The SMILES string of the molecule is O=C(Nc1cc[n+](=O)[nH]c1)c1c(Oc2ccc(OC(F)(F)F)c(F)c2)ccc(C(F)(F)F)c1F. The quantitative estimate of drug-likeness (QED) is 0.377. The molecule has 34 heavy (non-hydrogen) atoms. The largest absolute Gasteiger partial charge is 0.573 e. The fourth-order valence-electron chi connectivity index (χ4n) is 2.60. The molecule has 0 atom stereocenters. The molecule has 2 aromatic carbocycles. The topological polar surface area (TPSA) is 86.3 Å². The second-order valence-corrected chi connectivity index (χ2v) is 6.36. The van der Waals surface area contributed by atoms with Crippen LogP contribution in [0.25, 0.3) is 0 Å². The molecule has 0 aliphatic heterocycles. The van der Waals surface area contributed by atoms with Gasteiger partial charge in [-0.25, -0.2) is 8.78 Å². The zero-order valence-electron chi connectivity index (χ0n) is 16.2. The molecule has 0 bridgehead atoms. The van der Waals surface area contributed by atoms with Gasteiger partial charge in [0.15, 0.2) is 21.9 Å². The lowest BCUT2D eigenvalue weighted by Gasteiger charge is -2.16. The number of H-pyrrole nitrogens is 1. The standard InChI is InChI=1S/C19H9F8N3O4/c20-12-7-10(1-3-13(12)34-19(25,26)27)33-14-4-2-11(18(22,23)24)16(21)15(14)17(31)29-9-5-6-30(32)28-8-9/h1-8H,(H-,28,29,31,32)/p+1. The normalized spacial score (nSPS) is 11.8. The molecule has 2 N–H and O–H groups in total. The van der Waals surface area contributed by atoms with Gasteiger partial charge in [-0.3, -0.25) is 4.79 Å². The number of aromatic nitrogens is 2. The molecular weight excluding hydrogens is 486 g/mol. The predicted molar refractivity (Wildman–Crippen MR) is 96.7 cm³/mol. The molecule has 0 saturated heterocycles. The number of aromatic amines is 1. The van der Waals surface area contributed by atoms with Crippen molar-refractivity contribution in [1.82, 2.24) is 5.10 Å². The van der Waals surface area contributed by atoms with Gasteiger partial charge in [0.1, 0.15) is 17.1 Å². The lowest BCUT2D eigenvalue weighted by atomic mass is 10.1. The molecule has 0 saturated carbocycles. The van der Waals surface area contributed by atoms with Gasteiger partial charge in [-0.2, -0.15) is 13.2 Å². The third kappa shape index (κ3) is 5.79. The van der Waals surface area contributed by atoms with Gasteiger partial charge in [0.2, 0.25) is 0 Å². The van der Waals surface area contributed by atoms with Gasteiger partial charge in [-0.1, -0.05) is 0 Å². The average Bonchev–Trinajstić information content (AvgIpc) is 2.70. The molecule has 0 aliphatic carbocycles. The van der Waals surface area contributed by atoms with Gasteiger partial charge in [0, 0.05) is 12.1 Å². The first-order chi connectivity index (χ1) is 15.7. The summed E-state index contributed by atoms with van der Waals surface area (Å²) in [4.78, 5) is 23.6. The number of rotatable bonds is 5. The van der Waals surface area contributed by atoms with Crippen LogP contribution in [0.2, 0.25) is 0 Å². The molecule has 0 aliphatic rings. The second-order valence-electron chi connectivity index (χ2n) is 6.36. The van der Waals surface area contributed by atoms with E-state index in [1.54, 1.807) is 0 Å². The number of alkyl halides is 6. The molecule has 1 aromatic heterocycles. The van der Waals surface area contributed by atoms with Crippen LogP contribution in [0.4, 0.5) is 40.8 Å². The maximum atomic E-state index is 14.7. The fourth-order valence-corrected chi connectivity index (χ4v) is 2.60. The van der Waals surface area contributed by atoms with Crippen LogP contribution in [0, 0.1) is 16.5 Å². The zero-order valence-corrected chi connectivity index (χ0v) is 16.2. The summed E-state index contributed by atoms with van der Waals surface area (Å²) in [5.74, 6) is -7.65. The number of hydrogen-bond acceptors (Lipinski definition) is 4. The van der Waals surface area contributed by atoms with Crippen molar-refractivity contribution in [1.29, 1.82) is 0 Å². The van der Waals surface area contributed by atoms with Crippen molar-refractivity contribution in [2.45, 2.75) is 12.5 Å². The minimum Gasteiger partial charge on any atom is -0.456 e. The first-order valence-electron chi connectivity index (χ1n) is 8.79. The molecule has 0 unspecified atom stereocenters. The van der Waals surface area contributed by atoms with Crippen molar-refractivity contribution < 1.29 is 53.9 Å². The molecule has 0 radical (unpaired) electrons. The molecule has 7 nitrogen and oxygen atoms in total. The number of benzene rings is 2. The highest BCUT2D eigenvalue weighted by molar-refractivity contribution is 6.06. The van der Waals surface area contributed by atoms with Crippen LogP contribution in [0.15, 0.2) is 48.8 Å². The minimum atomic E-state index is -5.20. The van der Waals surface area contributed by atoms with Crippen molar-refractivity contribution in [3.05, 3.63) is 76.5 Å². The Morgan fingerprint density at radius 1 is 0.971 bits per heavy atom. The molecule has 3 aromatic rings. The smallest absolute Gasteiger partial charge is 0.456 e. The van der Waals surface area contributed by atoms with E-state index in [1.807, 2.05) is 5.32 Å². The van der Waals surface area contributed by atoms with Crippen LogP contribution in [-0.4, -0.2) is 17.4 Å². The summed E-state index contributed by atoms with van der Waals surface area (Å²) in [6.07, 6.45) is -8.56. The van der Waals surface area contributed by atoms with Crippen LogP contribution in [0.1, 0.15) is 15.9 Å². The Balaban J connectivity index is 2.00. The summed E-state index contributed by atoms with van der Waals surface area (Å²) in [6, 6.07) is 3.52. The number of carbonyl (C=O) groups is 1. The van der Waals surface area contributed by atoms with E-state index >= 15 is 0 Å². The number of nitrogens with zero attached hydrogens (tertiary/aromatic N) is 1. The van der Waals surface area contributed by atoms with E-state index in [2.05, 4.69) is 9.84 Å². The maximum Gasteiger partial charge on any atom is 0.573 e. The Labute approximate surface area is 183 Å². The first kappa shape index (κ1) is 24.5. The van der Waals surface area contributed by atoms with Crippen LogP contribution in [-0.2, 0) is 6.18 Å². The van der Waals surface area contributed by atoms with Crippen molar-refractivity contribution in [2.24, 2.45) is 0 Å². The van der Waals surface area contributed by atoms with Gasteiger partial charge >= 0.3 is 12.5 Å². The van der Waals surface area contributed by atoms with Crippen LogP contribution >= 0.6 is 0 Å². The van der Waals surface area contributed by atoms with Gasteiger partial charge in [-0.05, 0) is 24.3 Å². The number of hydrogen-bond donors (Lipinski definition) is 2. The molecule has 15 heteroatoms. The zero-order chi connectivity index (χ0) is 25.3. The lowest BCUT2D eigenvalue weighted by Crippen LogP contribution is -2.21. The van der Waals surface area contributed by atoms with E-state index in [4.69, 9.17) is 4.74 Å². The van der Waals surface area contributed by atoms with Crippen LogP contribution in [0.5, 0.6) is 17.2 Å². The van der Waals surface area contributed by atoms with E-state index in [-0.39, 0.29) is 16.3 Å². The van der Waals surface area contributed by atoms with Crippen molar-refractivity contribution in [3.63, 3.8) is 0 Å². The Kier molecular flexibility index (Phi) is 6.47. The van der Waals surface area contributed by atoms with Crippen LogP contribution < -0.4 is 19.3 Å². The molecule has 1 heterocycles. The molecular formula is C19H10F8N3O4+.